The van der Waals surface area contributed by atoms with Gasteiger partial charge in [-0.15, -0.1) is 6.54 Å². The molecule has 0 aliphatic rings. The number of hydrogen-bond donors (Lipinski definition) is 0. The minimum absolute atomic E-state index is 0. The van der Waals surface area contributed by atoms with E-state index in [0.29, 0.717) is 6.54 Å². The van der Waals surface area contributed by atoms with Gasteiger partial charge in [0.1, 0.15) is 0 Å². The number of aromatic nitrogens is 2. The Labute approximate surface area is 208 Å². The van der Waals surface area contributed by atoms with E-state index in [-0.39, 0.29) is 20.4 Å². The van der Waals surface area contributed by atoms with Gasteiger partial charge in [0.2, 0.25) is 0 Å². The zero-order valence-electron chi connectivity index (χ0n) is 18.3. The van der Waals surface area contributed by atoms with Crippen LogP contribution in [0.4, 0.5) is 0 Å². The van der Waals surface area contributed by atoms with Crippen molar-refractivity contribution in [1.29, 1.82) is 0 Å². The molecule has 0 radical (unpaired) electrons. The van der Waals surface area contributed by atoms with Crippen molar-refractivity contribution in [3.63, 3.8) is 0 Å². The Balaban J connectivity index is 0.000000202. The van der Waals surface area contributed by atoms with Crippen LogP contribution in [0.15, 0.2) is 103 Å². The van der Waals surface area contributed by atoms with E-state index in [4.69, 9.17) is 5.73 Å². The molecule has 0 saturated heterocycles. The van der Waals surface area contributed by atoms with Crippen LogP contribution in [0.2, 0.25) is 0 Å². The quantitative estimate of drug-likeness (QED) is 0.131. The van der Waals surface area contributed by atoms with Crippen molar-refractivity contribution in [2.75, 3.05) is 13.1 Å². The van der Waals surface area contributed by atoms with Gasteiger partial charge in [-0.1, -0.05) is 72.6 Å². The summed E-state index contributed by atoms with van der Waals surface area (Å²) in [6.07, 6.45) is 4.39. The van der Waals surface area contributed by atoms with E-state index in [1.807, 2.05) is 36.4 Å². The van der Waals surface area contributed by atoms with E-state index in [9.17, 15) is 0 Å². The molecule has 5 heteroatoms. The van der Waals surface area contributed by atoms with E-state index in [2.05, 4.69) is 69.9 Å². The third-order valence-corrected chi connectivity index (χ3v) is 5.24. The summed E-state index contributed by atoms with van der Waals surface area (Å²) in [5.41, 5.74) is 10.3. The van der Waals surface area contributed by atoms with Crippen LogP contribution in [0, 0.1) is 0 Å². The van der Waals surface area contributed by atoms with Crippen molar-refractivity contribution in [3.8, 4) is 11.4 Å². The molecule has 2 heterocycles. The summed E-state index contributed by atoms with van der Waals surface area (Å²) >= 11 is 0. The summed E-state index contributed by atoms with van der Waals surface area (Å²) in [6.45, 7) is 1.97. The van der Waals surface area contributed by atoms with Crippen LogP contribution in [-0.4, -0.2) is 23.1 Å². The number of nitrogens with one attached hydrogen (secondary N) is 1. The first-order chi connectivity index (χ1) is 15.9. The first-order valence-electron chi connectivity index (χ1n) is 10.9. The van der Waals surface area contributed by atoms with Crippen molar-refractivity contribution in [2.45, 2.75) is 13.0 Å². The average molecular weight is 525 g/mol. The summed E-state index contributed by atoms with van der Waals surface area (Å²) in [5, 5.41) is 9.75. The van der Waals surface area contributed by atoms with Crippen LogP contribution in [0.25, 0.3) is 44.0 Å². The van der Waals surface area contributed by atoms with Crippen molar-refractivity contribution < 1.29 is 20.4 Å². The first kappa shape index (κ1) is 24.7. The summed E-state index contributed by atoms with van der Waals surface area (Å²) in [4.78, 5) is 8.37. The third kappa shape index (κ3) is 6.54. The van der Waals surface area contributed by atoms with Gasteiger partial charge in [-0.2, -0.15) is 13.1 Å². The minimum atomic E-state index is 0. The molecule has 1 N–H and O–H groups in total. The molecule has 0 spiro atoms. The van der Waals surface area contributed by atoms with E-state index < -0.39 is 0 Å². The maximum Gasteiger partial charge on any atom is 2.00 e. The van der Waals surface area contributed by atoms with Crippen LogP contribution >= 0.6 is 0 Å². The van der Waals surface area contributed by atoms with Gasteiger partial charge < -0.3 is 11.1 Å². The second-order valence-electron chi connectivity index (χ2n) is 7.44. The van der Waals surface area contributed by atoms with Crippen molar-refractivity contribution in [3.05, 3.63) is 120 Å². The molecule has 0 amide bonds. The molecule has 4 nitrogen and oxygen atoms in total. The second kappa shape index (κ2) is 12.9. The molecule has 0 atom stereocenters. The van der Waals surface area contributed by atoms with E-state index >= 15 is 0 Å². The van der Waals surface area contributed by atoms with Gasteiger partial charge >= 0.3 is 20.4 Å². The predicted octanol–water partition coefficient (Wildman–Crippen LogP) is 7.45. The Kier molecular flexibility index (Phi) is 9.68. The van der Waals surface area contributed by atoms with Gasteiger partial charge in [-0.05, 0) is 51.9 Å². The molecule has 5 rings (SSSR count). The van der Waals surface area contributed by atoms with Gasteiger partial charge in [0.15, 0.2) is 0 Å². The molecule has 5 aromatic rings. The maximum absolute atomic E-state index is 7.19. The van der Waals surface area contributed by atoms with Crippen molar-refractivity contribution in [2.24, 2.45) is 0 Å². The van der Waals surface area contributed by atoms with Crippen molar-refractivity contribution >= 4 is 21.5 Å². The van der Waals surface area contributed by atoms with Crippen LogP contribution in [0.5, 0.6) is 0 Å². The topological polar surface area (TPSA) is 63.7 Å². The fourth-order valence-electron chi connectivity index (χ4n) is 3.69. The monoisotopic (exact) mass is 524 g/mol. The smallest absolute Gasteiger partial charge is 0.677 e. The molecule has 0 aliphatic heterocycles. The number of nitrogens with zero attached hydrogens (tertiary/aromatic N) is 3. The van der Waals surface area contributed by atoms with E-state index in [1.54, 1.807) is 12.4 Å². The second-order valence-corrected chi connectivity index (χ2v) is 7.44. The molecule has 0 aliphatic carbocycles. The Morgan fingerprint density at radius 3 is 1.67 bits per heavy atom. The molecule has 3 aromatic carbocycles. The van der Waals surface area contributed by atoms with Crippen LogP contribution in [0.3, 0.4) is 0 Å². The summed E-state index contributed by atoms with van der Waals surface area (Å²) in [6, 6.07) is 30.9. The molecule has 33 heavy (non-hydrogen) atoms. The normalized spacial score (nSPS) is 10.3. The fourth-order valence-corrected chi connectivity index (χ4v) is 3.69. The molecule has 168 valence electrons. The average Bonchev–Trinajstić information content (AvgIpc) is 2.87. The van der Waals surface area contributed by atoms with Crippen LogP contribution in [-0.2, 0) is 27.0 Å². The molecule has 0 unspecified atom stereocenters. The summed E-state index contributed by atoms with van der Waals surface area (Å²) in [7, 11) is 0. The van der Waals surface area contributed by atoms with Gasteiger partial charge in [0.05, 0.1) is 11.4 Å². The number of hydrogen-bond acceptors (Lipinski definition) is 2. The summed E-state index contributed by atoms with van der Waals surface area (Å²) in [5.74, 6) is 0. The van der Waals surface area contributed by atoms with Gasteiger partial charge in [-0.25, -0.2) is 0 Å². The molecule has 0 bridgehead atoms. The molecular weight excluding hydrogens is 499 g/mol. The molecule has 2 aromatic heterocycles. The van der Waals surface area contributed by atoms with Gasteiger partial charge in [-0.3, -0.25) is 9.97 Å². The Hall–Kier alpha value is -2.94. The SMILES string of the molecule is [NH-]CCC[N-]Cc1c2ccccc2cc2ccccc12.[Pd+2].c1ccc(-c2ccccn2)nc1. The molecular formula is C28H26N4Pd. The number of fused-ring (bicyclic) bond motifs is 2. The zero-order valence-corrected chi connectivity index (χ0v) is 19.9. The van der Waals surface area contributed by atoms with E-state index in [1.165, 1.54) is 27.1 Å². The molecule has 0 fully saturated rings. The first-order valence-corrected chi connectivity index (χ1v) is 10.9. The zero-order chi connectivity index (χ0) is 22.0. The minimum Gasteiger partial charge on any atom is -0.677 e. The van der Waals surface area contributed by atoms with Gasteiger partial charge in [0, 0.05) is 12.4 Å². The Morgan fingerprint density at radius 2 is 1.18 bits per heavy atom. The Bertz CT molecular complexity index is 1170. The standard InChI is InChI=1S/C18H18N2.C10H8N2.Pd/c19-10-5-11-20-13-18-16-8-3-1-6-14(16)12-15-7-2-4-9-17(15)18;1-3-7-11-9(5-1)10-6-2-4-8-12-10;/h1-4,6-9,12,19H,5,10-11,13H2;1-8H;/q-2;;+2. The predicted molar refractivity (Wildman–Crippen MR) is 135 cm³/mol. The Morgan fingerprint density at radius 1 is 0.667 bits per heavy atom. The van der Waals surface area contributed by atoms with Crippen LogP contribution < -0.4 is 0 Å². The number of rotatable bonds is 6. The number of pyridine rings is 2. The fraction of sp³-hybridized carbons (Fsp3) is 0.143. The number of benzene rings is 3. The third-order valence-electron chi connectivity index (χ3n) is 5.24. The van der Waals surface area contributed by atoms with Gasteiger partial charge in [0.25, 0.3) is 0 Å². The van der Waals surface area contributed by atoms with Crippen molar-refractivity contribution in [1.82, 2.24) is 9.97 Å². The van der Waals surface area contributed by atoms with Crippen LogP contribution in [0.1, 0.15) is 12.0 Å². The molecule has 0 saturated carbocycles. The maximum atomic E-state index is 7.19. The summed E-state index contributed by atoms with van der Waals surface area (Å²) < 4.78 is 0. The van der Waals surface area contributed by atoms with E-state index in [0.717, 1.165) is 30.9 Å². The largest absolute Gasteiger partial charge is 2.00 e.